The molecule has 0 radical (unpaired) electrons. The first-order valence-electron chi connectivity index (χ1n) is 6.45. The van der Waals surface area contributed by atoms with Crippen molar-refractivity contribution >= 4 is 0 Å². The van der Waals surface area contributed by atoms with Crippen LogP contribution in [-0.2, 0) is 6.42 Å². The zero-order valence-electron chi connectivity index (χ0n) is 10.7. The zero-order valence-corrected chi connectivity index (χ0v) is 10.7. The Morgan fingerprint density at radius 1 is 1.29 bits per heavy atom. The fourth-order valence-electron chi connectivity index (χ4n) is 1.83. The standard InChI is InChI=1S/C15H24N2/c1-2-3-7-12-17-15(13-16)11-10-14-8-5-4-6-9-14/h2-6,8-9,15,17H,7,10-13,16H2,1H3/b3-2+. The molecule has 0 amide bonds. The van der Waals surface area contributed by atoms with Gasteiger partial charge in [0.25, 0.3) is 0 Å². The van der Waals surface area contributed by atoms with Crippen LogP contribution in [0.3, 0.4) is 0 Å². The fourth-order valence-corrected chi connectivity index (χ4v) is 1.83. The molecule has 0 aliphatic carbocycles. The number of hydrogen-bond donors (Lipinski definition) is 2. The van der Waals surface area contributed by atoms with Gasteiger partial charge in [0, 0.05) is 12.6 Å². The Balaban J connectivity index is 2.22. The minimum Gasteiger partial charge on any atom is -0.329 e. The summed E-state index contributed by atoms with van der Waals surface area (Å²) in [4.78, 5) is 0. The average Bonchev–Trinajstić information content (AvgIpc) is 2.39. The van der Waals surface area contributed by atoms with Crippen LogP contribution in [0.25, 0.3) is 0 Å². The van der Waals surface area contributed by atoms with E-state index in [0.29, 0.717) is 12.6 Å². The van der Waals surface area contributed by atoms with Crippen molar-refractivity contribution in [1.29, 1.82) is 0 Å². The lowest BCUT2D eigenvalue weighted by molar-refractivity contribution is 0.493. The SMILES string of the molecule is C/C=C/CCNC(CN)CCc1ccccc1. The Bertz CT molecular complexity index is 306. The Morgan fingerprint density at radius 2 is 2.06 bits per heavy atom. The molecular weight excluding hydrogens is 208 g/mol. The first-order valence-corrected chi connectivity index (χ1v) is 6.45. The van der Waals surface area contributed by atoms with Crippen LogP contribution in [0.5, 0.6) is 0 Å². The van der Waals surface area contributed by atoms with E-state index in [1.54, 1.807) is 0 Å². The van der Waals surface area contributed by atoms with Gasteiger partial charge in [-0.2, -0.15) is 0 Å². The van der Waals surface area contributed by atoms with Crippen LogP contribution in [0.2, 0.25) is 0 Å². The third-order valence-corrected chi connectivity index (χ3v) is 2.89. The molecule has 3 N–H and O–H groups in total. The molecule has 1 atom stereocenters. The lowest BCUT2D eigenvalue weighted by Crippen LogP contribution is -2.36. The number of allylic oxidation sites excluding steroid dienone is 1. The number of benzene rings is 1. The van der Waals surface area contributed by atoms with Crippen molar-refractivity contribution in [2.75, 3.05) is 13.1 Å². The highest BCUT2D eigenvalue weighted by molar-refractivity contribution is 5.14. The van der Waals surface area contributed by atoms with Crippen LogP contribution in [-0.4, -0.2) is 19.1 Å². The fraction of sp³-hybridized carbons (Fsp3) is 0.467. The normalized spacial score (nSPS) is 13.1. The van der Waals surface area contributed by atoms with Gasteiger partial charge in [-0.3, -0.25) is 0 Å². The molecule has 0 spiro atoms. The molecule has 0 heterocycles. The van der Waals surface area contributed by atoms with Crippen molar-refractivity contribution in [3.63, 3.8) is 0 Å². The molecule has 0 saturated carbocycles. The quantitative estimate of drug-likeness (QED) is 0.534. The molecule has 1 aromatic carbocycles. The van der Waals surface area contributed by atoms with E-state index in [9.17, 15) is 0 Å². The molecule has 17 heavy (non-hydrogen) atoms. The zero-order chi connectivity index (χ0) is 12.3. The van der Waals surface area contributed by atoms with Crippen molar-refractivity contribution in [2.45, 2.75) is 32.2 Å². The topological polar surface area (TPSA) is 38.0 Å². The Labute approximate surface area is 105 Å². The van der Waals surface area contributed by atoms with Gasteiger partial charge in [-0.05, 0) is 38.3 Å². The van der Waals surface area contributed by atoms with Gasteiger partial charge in [0.15, 0.2) is 0 Å². The molecule has 0 fully saturated rings. The lowest BCUT2D eigenvalue weighted by atomic mass is 10.1. The molecule has 0 aliphatic rings. The van der Waals surface area contributed by atoms with Gasteiger partial charge >= 0.3 is 0 Å². The van der Waals surface area contributed by atoms with Crippen LogP contribution >= 0.6 is 0 Å². The second-order valence-electron chi connectivity index (χ2n) is 4.27. The van der Waals surface area contributed by atoms with Crippen molar-refractivity contribution in [2.24, 2.45) is 5.73 Å². The molecule has 94 valence electrons. The average molecular weight is 232 g/mol. The van der Waals surface area contributed by atoms with E-state index in [1.807, 2.05) is 0 Å². The third-order valence-electron chi connectivity index (χ3n) is 2.89. The van der Waals surface area contributed by atoms with E-state index in [4.69, 9.17) is 5.73 Å². The van der Waals surface area contributed by atoms with E-state index in [2.05, 4.69) is 54.7 Å². The number of aryl methyl sites for hydroxylation is 1. The number of nitrogens with one attached hydrogen (secondary N) is 1. The van der Waals surface area contributed by atoms with Gasteiger partial charge in [0.1, 0.15) is 0 Å². The van der Waals surface area contributed by atoms with Crippen LogP contribution in [0, 0.1) is 0 Å². The van der Waals surface area contributed by atoms with Gasteiger partial charge < -0.3 is 11.1 Å². The maximum Gasteiger partial charge on any atom is 0.0193 e. The first-order chi connectivity index (χ1) is 8.36. The Morgan fingerprint density at radius 3 is 2.71 bits per heavy atom. The highest BCUT2D eigenvalue weighted by Gasteiger charge is 2.04. The minimum atomic E-state index is 0.431. The van der Waals surface area contributed by atoms with E-state index in [1.165, 1.54) is 5.56 Å². The molecule has 2 nitrogen and oxygen atoms in total. The minimum absolute atomic E-state index is 0.431. The van der Waals surface area contributed by atoms with Gasteiger partial charge in [0.2, 0.25) is 0 Å². The molecule has 0 bridgehead atoms. The summed E-state index contributed by atoms with van der Waals surface area (Å²) in [5, 5.41) is 3.50. The number of rotatable bonds is 8. The number of hydrogen-bond acceptors (Lipinski definition) is 2. The van der Waals surface area contributed by atoms with Gasteiger partial charge in [0.05, 0.1) is 0 Å². The monoisotopic (exact) mass is 232 g/mol. The predicted octanol–water partition coefficient (Wildman–Crippen LogP) is 2.50. The summed E-state index contributed by atoms with van der Waals surface area (Å²) in [6.07, 6.45) is 7.55. The summed E-state index contributed by atoms with van der Waals surface area (Å²) in [6.45, 7) is 3.78. The summed E-state index contributed by atoms with van der Waals surface area (Å²) in [7, 11) is 0. The van der Waals surface area contributed by atoms with Crippen LogP contribution in [0.4, 0.5) is 0 Å². The molecule has 2 heteroatoms. The van der Waals surface area contributed by atoms with Gasteiger partial charge in [-0.15, -0.1) is 0 Å². The summed E-state index contributed by atoms with van der Waals surface area (Å²) in [6, 6.07) is 11.0. The summed E-state index contributed by atoms with van der Waals surface area (Å²) >= 11 is 0. The second-order valence-corrected chi connectivity index (χ2v) is 4.27. The maximum atomic E-state index is 5.77. The Kier molecular flexibility index (Phi) is 7.35. The van der Waals surface area contributed by atoms with E-state index >= 15 is 0 Å². The van der Waals surface area contributed by atoms with Crippen LogP contribution in [0.15, 0.2) is 42.5 Å². The molecule has 1 aromatic rings. The largest absolute Gasteiger partial charge is 0.329 e. The van der Waals surface area contributed by atoms with E-state index in [0.717, 1.165) is 25.8 Å². The smallest absolute Gasteiger partial charge is 0.0193 e. The number of nitrogens with two attached hydrogens (primary N) is 1. The van der Waals surface area contributed by atoms with E-state index < -0.39 is 0 Å². The van der Waals surface area contributed by atoms with Crippen molar-refractivity contribution in [3.8, 4) is 0 Å². The summed E-state index contributed by atoms with van der Waals surface area (Å²) in [5.74, 6) is 0. The van der Waals surface area contributed by atoms with Gasteiger partial charge in [-0.1, -0.05) is 42.5 Å². The van der Waals surface area contributed by atoms with Crippen LogP contribution < -0.4 is 11.1 Å². The van der Waals surface area contributed by atoms with Crippen molar-refractivity contribution in [3.05, 3.63) is 48.0 Å². The molecule has 1 unspecified atom stereocenters. The predicted molar refractivity (Wildman–Crippen MR) is 75.0 cm³/mol. The van der Waals surface area contributed by atoms with Gasteiger partial charge in [-0.25, -0.2) is 0 Å². The molecule has 0 saturated heterocycles. The van der Waals surface area contributed by atoms with Crippen molar-refractivity contribution in [1.82, 2.24) is 5.32 Å². The highest BCUT2D eigenvalue weighted by atomic mass is 14.9. The summed E-state index contributed by atoms with van der Waals surface area (Å²) < 4.78 is 0. The molecule has 0 aliphatic heterocycles. The first kappa shape index (κ1) is 13.9. The summed E-state index contributed by atoms with van der Waals surface area (Å²) in [5.41, 5.74) is 7.16. The van der Waals surface area contributed by atoms with E-state index in [-0.39, 0.29) is 0 Å². The molecular formula is C15H24N2. The lowest BCUT2D eigenvalue weighted by Gasteiger charge is -2.16. The van der Waals surface area contributed by atoms with Crippen molar-refractivity contribution < 1.29 is 0 Å². The third kappa shape index (κ3) is 6.25. The molecule has 1 rings (SSSR count). The van der Waals surface area contributed by atoms with Crippen LogP contribution in [0.1, 0.15) is 25.3 Å². The second kappa shape index (κ2) is 8.97. The Hall–Kier alpha value is -1.12. The molecule has 0 aromatic heterocycles. The highest BCUT2D eigenvalue weighted by Crippen LogP contribution is 2.04. The maximum absolute atomic E-state index is 5.77.